The van der Waals surface area contributed by atoms with E-state index in [2.05, 4.69) is 15.5 Å². The number of hydrogen-bond acceptors (Lipinski definition) is 4. The van der Waals surface area contributed by atoms with Crippen LogP contribution in [-0.2, 0) is 0 Å². The molecule has 0 aliphatic heterocycles. The summed E-state index contributed by atoms with van der Waals surface area (Å²) in [6.45, 7) is 0. The number of benzene rings is 1. The van der Waals surface area contributed by atoms with Crippen LogP contribution in [0.1, 0.15) is 15.9 Å². The van der Waals surface area contributed by atoms with Gasteiger partial charge < -0.3 is 4.90 Å². The highest BCUT2D eigenvalue weighted by Crippen LogP contribution is 2.12. The van der Waals surface area contributed by atoms with Crippen molar-refractivity contribution in [3.8, 4) is 0 Å². The highest BCUT2D eigenvalue weighted by Gasteiger charge is 2.08. The molecule has 0 radical (unpaired) electrons. The summed E-state index contributed by atoms with van der Waals surface area (Å²) in [7, 11) is 3.95. The summed E-state index contributed by atoms with van der Waals surface area (Å²) in [6, 6.07) is 11.0. The number of anilines is 1. The van der Waals surface area contributed by atoms with E-state index in [-0.39, 0.29) is 5.15 Å². The fourth-order valence-electron chi connectivity index (χ4n) is 1.64. The molecule has 0 spiro atoms. The lowest BCUT2D eigenvalue weighted by atomic mass is 10.2. The third kappa shape index (κ3) is 4.03. The second kappa shape index (κ2) is 6.85. The molecular formula is C15H15ClN4O. The van der Waals surface area contributed by atoms with Crippen LogP contribution in [0.3, 0.4) is 0 Å². The van der Waals surface area contributed by atoms with Crippen LogP contribution in [0, 0.1) is 0 Å². The number of halogens is 1. The minimum absolute atomic E-state index is 0.153. The van der Waals surface area contributed by atoms with Crippen molar-refractivity contribution in [2.75, 3.05) is 19.0 Å². The quantitative estimate of drug-likeness (QED) is 0.536. The van der Waals surface area contributed by atoms with Crippen LogP contribution in [0.4, 0.5) is 5.69 Å². The predicted octanol–water partition coefficient (Wildman–Crippen LogP) is 2.56. The molecule has 1 aromatic carbocycles. The van der Waals surface area contributed by atoms with Crippen molar-refractivity contribution >= 4 is 29.4 Å². The van der Waals surface area contributed by atoms with Gasteiger partial charge in [-0.15, -0.1) is 0 Å². The van der Waals surface area contributed by atoms with Gasteiger partial charge in [0.25, 0.3) is 5.91 Å². The highest BCUT2D eigenvalue weighted by atomic mass is 35.5. The summed E-state index contributed by atoms with van der Waals surface area (Å²) >= 11 is 5.83. The minimum atomic E-state index is -0.394. The van der Waals surface area contributed by atoms with Gasteiger partial charge in [0, 0.05) is 26.0 Å². The molecule has 1 amide bonds. The Bertz CT molecular complexity index is 653. The molecule has 0 saturated heterocycles. The maximum atomic E-state index is 11.8. The van der Waals surface area contributed by atoms with E-state index in [4.69, 9.17) is 11.6 Å². The molecule has 108 valence electrons. The van der Waals surface area contributed by atoms with E-state index < -0.39 is 5.91 Å². The Balaban J connectivity index is 1.99. The summed E-state index contributed by atoms with van der Waals surface area (Å²) in [5, 5.41) is 4.06. The summed E-state index contributed by atoms with van der Waals surface area (Å²) in [4.78, 5) is 17.7. The van der Waals surface area contributed by atoms with Crippen LogP contribution < -0.4 is 10.3 Å². The monoisotopic (exact) mass is 302 g/mol. The molecule has 5 nitrogen and oxygen atoms in total. The molecule has 0 aliphatic carbocycles. The van der Waals surface area contributed by atoms with Crippen LogP contribution >= 0.6 is 11.6 Å². The molecule has 0 atom stereocenters. The molecule has 0 bridgehead atoms. The highest BCUT2D eigenvalue weighted by molar-refractivity contribution is 6.32. The largest absolute Gasteiger partial charge is 0.378 e. The van der Waals surface area contributed by atoms with Crippen molar-refractivity contribution in [2.24, 2.45) is 5.10 Å². The lowest BCUT2D eigenvalue weighted by Crippen LogP contribution is -2.18. The van der Waals surface area contributed by atoms with E-state index in [1.54, 1.807) is 18.3 Å². The minimum Gasteiger partial charge on any atom is -0.378 e. The average Bonchev–Trinajstić information content (AvgIpc) is 2.48. The van der Waals surface area contributed by atoms with E-state index in [9.17, 15) is 4.79 Å². The first-order valence-corrected chi connectivity index (χ1v) is 6.67. The number of aromatic nitrogens is 1. The number of pyridine rings is 1. The molecule has 1 heterocycles. The number of nitrogens with one attached hydrogen (secondary N) is 1. The fourth-order valence-corrected chi connectivity index (χ4v) is 1.84. The molecule has 21 heavy (non-hydrogen) atoms. The summed E-state index contributed by atoms with van der Waals surface area (Å²) < 4.78 is 0. The average molecular weight is 303 g/mol. The number of nitrogens with zero attached hydrogens (tertiary/aromatic N) is 3. The van der Waals surface area contributed by atoms with E-state index in [1.165, 1.54) is 6.20 Å². The molecule has 1 aromatic heterocycles. The van der Waals surface area contributed by atoms with E-state index in [0.717, 1.165) is 11.3 Å². The number of hydrogen-bond donors (Lipinski definition) is 1. The molecule has 0 aliphatic rings. The maximum absolute atomic E-state index is 11.8. The van der Waals surface area contributed by atoms with Crippen molar-refractivity contribution in [2.45, 2.75) is 0 Å². The maximum Gasteiger partial charge on any atom is 0.274 e. The van der Waals surface area contributed by atoms with Crippen molar-refractivity contribution < 1.29 is 4.79 Å². The predicted molar refractivity (Wildman–Crippen MR) is 85.1 cm³/mol. The summed E-state index contributed by atoms with van der Waals surface area (Å²) in [5.74, 6) is -0.394. The first kappa shape index (κ1) is 15.0. The van der Waals surface area contributed by atoms with Gasteiger partial charge in [0.2, 0.25) is 0 Å². The van der Waals surface area contributed by atoms with Gasteiger partial charge >= 0.3 is 0 Å². The third-order valence-electron chi connectivity index (χ3n) is 2.79. The standard InChI is InChI=1S/C15H15ClN4O/c1-20(2)12-7-5-11(6-8-12)10-18-19-15(21)13-4-3-9-17-14(13)16/h3-10H,1-2H3,(H,19,21)/b18-10+. The van der Waals surface area contributed by atoms with Gasteiger partial charge in [0.05, 0.1) is 11.8 Å². The Kier molecular flexibility index (Phi) is 4.90. The Labute approximate surface area is 128 Å². The van der Waals surface area contributed by atoms with Crippen LogP contribution in [0.15, 0.2) is 47.7 Å². The molecule has 2 aromatic rings. The normalized spacial score (nSPS) is 10.6. The lowest BCUT2D eigenvalue weighted by molar-refractivity contribution is 0.0955. The van der Waals surface area contributed by atoms with E-state index in [0.29, 0.717) is 5.56 Å². The van der Waals surface area contributed by atoms with Gasteiger partial charge in [0.1, 0.15) is 5.15 Å². The van der Waals surface area contributed by atoms with Gasteiger partial charge in [-0.05, 0) is 29.8 Å². The number of amides is 1. The SMILES string of the molecule is CN(C)c1ccc(/C=N/NC(=O)c2cccnc2Cl)cc1. The van der Waals surface area contributed by atoms with Gasteiger partial charge in [-0.25, -0.2) is 10.4 Å². The van der Waals surface area contributed by atoms with E-state index in [1.807, 2.05) is 43.3 Å². The summed E-state index contributed by atoms with van der Waals surface area (Å²) in [5.41, 5.74) is 4.70. The Hall–Kier alpha value is -2.40. The molecule has 0 unspecified atom stereocenters. The second-order valence-electron chi connectivity index (χ2n) is 4.53. The number of carbonyl (C=O) groups is 1. The smallest absolute Gasteiger partial charge is 0.274 e. The van der Waals surface area contributed by atoms with Crippen molar-refractivity contribution in [3.05, 3.63) is 58.9 Å². The summed E-state index contributed by atoms with van der Waals surface area (Å²) in [6.07, 6.45) is 3.09. The number of rotatable bonds is 4. The zero-order valence-corrected chi connectivity index (χ0v) is 12.5. The Morgan fingerprint density at radius 1 is 1.29 bits per heavy atom. The molecule has 0 saturated carbocycles. The first-order valence-electron chi connectivity index (χ1n) is 6.29. The van der Waals surface area contributed by atoms with Crippen LogP contribution in [0.2, 0.25) is 5.15 Å². The number of hydrazone groups is 1. The zero-order valence-electron chi connectivity index (χ0n) is 11.7. The van der Waals surface area contributed by atoms with Crippen molar-refractivity contribution in [1.29, 1.82) is 0 Å². The van der Waals surface area contributed by atoms with Crippen LogP contribution in [-0.4, -0.2) is 31.2 Å². The molecule has 0 fully saturated rings. The Morgan fingerprint density at radius 3 is 2.62 bits per heavy atom. The van der Waals surface area contributed by atoms with Crippen LogP contribution in [0.25, 0.3) is 0 Å². The fraction of sp³-hybridized carbons (Fsp3) is 0.133. The second-order valence-corrected chi connectivity index (χ2v) is 4.88. The van der Waals surface area contributed by atoms with Gasteiger partial charge in [0.15, 0.2) is 0 Å². The topological polar surface area (TPSA) is 57.6 Å². The molecular weight excluding hydrogens is 288 g/mol. The lowest BCUT2D eigenvalue weighted by Gasteiger charge is -2.11. The molecule has 1 N–H and O–H groups in total. The van der Waals surface area contributed by atoms with Crippen LogP contribution in [0.5, 0.6) is 0 Å². The molecule has 6 heteroatoms. The van der Waals surface area contributed by atoms with E-state index >= 15 is 0 Å². The Morgan fingerprint density at radius 2 is 2.00 bits per heavy atom. The van der Waals surface area contributed by atoms with Crippen molar-refractivity contribution in [1.82, 2.24) is 10.4 Å². The van der Waals surface area contributed by atoms with Gasteiger partial charge in [-0.3, -0.25) is 4.79 Å². The van der Waals surface area contributed by atoms with Gasteiger partial charge in [-0.1, -0.05) is 23.7 Å². The van der Waals surface area contributed by atoms with Gasteiger partial charge in [-0.2, -0.15) is 5.10 Å². The molecule has 2 rings (SSSR count). The van der Waals surface area contributed by atoms with Crippen molar-refractivity contribution in [3.63, 3.8) is 0 Å². The zero-order chi connectivity index (χ0) is 15.2. The first-order chi connectivity index (χ1) is 10.1. The third-order valence-corrected chi connectivity index (χ3v) is 3.09. The number of carbonyl (C=O) groups excluding carboxylic acids is 1.